The summed E-state index contributed by atoms with van der Waals surface area (Å²) in [7, 11) is 1.90. The highest BCUT2D eigenvalue weighted by atomic mass is 16.5. The number of hydrogen-bond donors (Lipinski definition) is 0. The van der Waals surface area contributed by atoms with E-state index in [-0.39, 0.29) is 18.1 Å². The van der Waals surface area contributed by atoms with Crippen molar-refractivity contribution >= 4 is 11.6 Å². The molecule has 0 N–H and O–H groups in total. The van der Waals surface area contributed by atoms with Gasteiger partial charge >= 0.3 is 0 Å². The predicted molar refractivity (Wildman–Crippen MR) is 85.5 cm³/mol. The van der Waals surface area contributed by atoms with E-state index >= 15 is 0 Å². The normalized spacial score (nSPS) is 20.1. The van der Waals surface area contributed by atoms with Crippen molar-refractivity contribution in [1.82, 2.24) is 4.90 Å². The number of ether oxygens (including phenoxy) is 1. The molecule has 0 saturated carbocycles. The molecule has 0 bridgehead atoms. The fourth-order valence-electron chi connectivity index (χ4n) is 2.93. The van der Waals surface area contributed by atoms with Gasteiger partial charge in [-0.25, -0.2) is 0 Å². The Morgan fingerprint density at radius 2 is 2.14 bits per heavy atom. The molecule has 21 heavy (non-hydrogen) atoms. The maximum atomic E-state index is 12.4. The van der Waals surface area contributed by atoms with Gasteiger partial charge in [0.05, 0.1) is 0 Å². The van der Waals surface area contributed by atoms with Crippen LogP contribution in [0.2, 0.25) is 0 Å². The molecule has 4 nitrogen and oxygen atoms in total. The van der Waals surface area contributed by atoms with Crippen LogP contribution in [-0.2, 0) is 9.53 Å². The van der Waals surface area contributed by atoms with Crippen LogP contribution in [0.3, 0.4) is 0 Å². The van der Waals surface area contributed by atoms with E-state index in [2.05, 4.69) is 29.2 Å². The molecule has 1 fully saturated rings. The molecule has 0 aliphatic carbocycles. The summed E-state index contributed by atoms with van der Waals surface area (Å²) >= 11 is 0. The number of rotatable bonds is 5. The van der Waals surface area contributed by atoms with E-state index in [0.717, 1.165) is 25.9 Å². The van der Waals surface area contributed by atoms with Gasteiger partial charge in [0.25, 0.3) is 5.91 Å². The fourth-order valence-corrected chi connectivity index (χ4v) is 2.93. The second-order valence-corrected chi connectivity index (χ2v) is 5.62. The summed E-state index contributed by atoms with van der Waals surface area (Å²) in [4.78, 5) is 16.6. The highest BCUT2D eigenvalue weighted by molar-refractivity contribution is 5.80. The molecule has 2 unspecified atom stereocenters. The molecule has 0 spiro atoms. The van der Waals surface area contributed by atoms with Gasteiger partial charge in [-0.3, -0.25) is 4.79 Å². The van der Waals surface area contributed by atoms with E-state index in [1.54, 1.807) is 0 Å². The largest absolute Gasteiger partial charge is 0.369 e. The fraction of sp³-hybridized carbons (Fsp3) is 0.588. The van der Waals surface area contributed by atoms with Crippen molar-refractivity contribution < 1.29 is 9.53 Å². The van der Waals surface area contributed by atoms with Crippen molar-refractivity contribution in [1.29, 1.82) is 0 Å². The van der Waals surface area contributed by atoms with Crippen molar-refractivity contribution in [2.75, 3.05) is 31.6 Å². The first-order chi connectivity index (χ1) is 10.1. The van der Waals surface area contributed by atoms with Gasteiger partial charge in [0.15, 0.2) is 0 Å². The monoisotopic (exact) mass is 290 g/mol. The van der Waals surface area contributed by atoms with Crippen LogP contribution in [0.5, 0.6) is 0 Å². The van der Waals surface area contributed by atoms with Crippen molar-refractivity contribution in [3.05, 3.63) is 30.3 Å². The highest BCUT2D eigenvalue weighted by Gasteiger charge is 2.28. The maximum absolute atomic E-state index is 12.4. The molecule has 4 heteroatoms. The van der Waals surface area contributed by atoms with E-state index in [1.807, 2.05) is 31.9 Å². The van der Waals surface area contributed by atoms with Gasteiger partial charge in [-0.2, -0.15) is 0 Å². The first kappa shape index (κ1) is 15.8. The lowest BCUT2D eigenvalue weighted by atomic mass is 10.0. The van der Waals surface area contributed by atoms with Gasteiger partial charge in [0, 0.05) is 38.5 Å². The molecular weight excluding hydrogens is 264 g/mol. The molecule has 2 rings (SSSR count). The number of anilines is 1. The average Bonchev–Trinajstić information content (AvgIpc) is 2.54. The van der Waals surface area contributed by atoms with Crippen LogP contribution in [-0.4, -0.2) is 49.7 Å². The van der Waals surface area contributed by atoms with Gasteiger partial charge in [0.1, 0.15) is 6.10 Å². The molecule has 116 valence electrons. The summed E-state index contributed by atoms with van der Waals surface area (Å²) < 4.78 is 5.42. The third-order valence-corrected chi connectivity index (χ3v) is 4.18. The lowest BCUT2D eigenvalue weighted by molar-refractivity contribution is -0.143. The Kier molecular flexibility index (Phi) is 5.62. The minimum atomic E-state index is -0.355. The number of carbonyl (C=O) groups excluding carboxylic acids is 1. The highest BCUT2D eigenvalue weighted by Crippen LogP contribution is 2.22. The SMILES string of the molecule is CCOC(C)C(=O)N(C)C1CCCN(c2ccccc2)C1. The lowest BCUT2D eigenvalue weighted by Gasteiger charge is -2.39. The van der Waals surface area contributed by atoms with Gasteiger partial charge < -0.3 is 14.5 Å². The molecule has 1 aliphatic rings. The second-order valence-electron chi connectivity index (χ2n) is 5.62. The Balaban J connectivity index is 1.99. The van der Waals surface area contributed by atoms with E-state index in [4.69, 9.17) is 4.74 Å². The summed E-state index contributed by atoms with van der Waals surface area (Å²) in [6.45, 7) is 6.28. The maximum Gasteiger partial charge on any atom is 0.251 e. The molecule has 1 aromatic carbocycles. The number of nitrogens with zero attached hydrogens (tertiary/aromatic N) is 2. The van der Waals surface area contributed by atoms with Crippen LogP contribution in [0, 0.1) is 0 Å². The quantitative estimate of drug-likeness (QED) is 0.835. The zero-order valence-corrected chi connectivity index (χ0v) is 13.3. The third-order valence-electron chi connectivity index (χ3n) is 4.18. The standard InChI is InChI=1S/C17H26N2O2/c1-4-21-14(2)17(20)18(3)16-11-8-12-19(13-16)15-9-6-5-7-10-15/h5-7,9-10,14,16H,4,8,11-13H2,1-3H3. The van der Waals surface area contributed by atoms with E-state index in [1.165, 1.54) is 5.69 Å². The zero-order valence-electron chi connectivity index (χ0n) is 13.3. The minimum Gasteiger partial charge on any atom is -0.369 e. The summed E-state index contributed by atoms with van der Waals surface area (Å²) in [5.41, 5.74) is 1.24. The Morgan fingerprint density at radius 1 is 1.43 bits per heavy atom. The number of piperidine rings is 1. The van der Waals surface area contributed by atoms with Crippen molar-refractivity contribution in [3.63, 3.8) is 0 Å². The number of benzene rings is 1. The van der Waals surface area contributed by atoms with Gasteiger partial charge in [-0.05, 0) is 38.8 Å². The first-order valence-corrected chi connectivity index (χ1v) is 7.81. The molecule has 0 aromatic heterocycles. The molecule has 1 aromatic rings. The Morgan fingerprint density at radius 3 is 2.81 bits per heavy atom. The molecular formula is C17H26N2O2. The minimum absolute atomic E-state index is 0.0803. The smallest absolute Gasteiger partial charge is 0.251 e. The number of carbonyl (C=O) groups is 1. The molecule has 1 aliphatic heterocycles. The summed E-state index contributed by atoms with van der Waals surface area (Å²) in [5, 5.41) is 0. The molecule has 1 heterocycles. The predicted octanol–water partition coefficient (Wildman–Crippen LogP) is 2.54. The second kappa shape index (κ2) is 7.46. The van der Waals surface area contributed by atoms with Crippen LogP contribution in [0.15, 0.2) is 30.3 Å². The van der Waals surface area contributed by atoms with E-state index in [0.29, 0.717) is 6.61 Å². The summed E-state index contributed by atoms with van der Waals surface area (Å²) in [5.74, 6) is 0.0803. The lowest BCUT2D eigenvalue weighted by Crippen LogP contribution is -2.51. The van der Waals surface area contributed by atoms with Crippen LogP contribution in [0.4, 0.5) is 5.69 Å². The number of amides is 1. The first-order valence-electron chi connectivity index (χ1n) is 7.81. The molecule has 1 amide bonds. The van der Waals surface area contributed by atoms with Crippen LogP contribution in [0.1, 0.15) is 26.7 Å². The van der Waals surface area contributed by atoms with Crippen LogP contribution in [0.25, 0.3) is 0 Å². The number of para-hydroxylation sites is 1. The van der Waals surface area contributed by atoms with Gasteiger partial charge in [-0.1, -0.05) is 18.2 Å². The topological polar surface area (TPSA) is 32.8 Å². The Hall–Kier alpha value is -1.55. The van der Waals surface area contributed by atoms with E-state index in [9.17, 15) is 4.79 Å². The van der Waals surface area contributed by atoms with Crippen molar-refractivity contribution in [2.24, 2.45) is 0 Å². The third kappa shape index (κ3) is 3.97. The zero-order chi connectivity index (χ0) is 15.2. The van der Waals surface area contributed by atoms with Gasteiger partial charge in [-0.15, -0.1) is 0 Å². The Labute approximate surface area is 127 Å². The van der Waals surface area contributed by atoms with E-state index < -0.39 is 0 Å². The summed E-state index contributed by atoms with van der Waals surface area (Å²) in [6, 6.07) is 10.7. The summed E-state index contributed by atoms with van der Waals surface area (Å²) in [6.07, 6.45) is 1.82. The number of likely N-dealkylation sites (N-methyl/N-ethyl adjacent to an activating group) is 1. The van der Waals surface area contributed by atoms with Crippen LogP contribution < -0.4 is 4.90 Å². The molecule has 2 atom stereocenters. The Bertz CT molecular complexity index is 449. The van der Waals surface area contributed by atoms with Gasteiger partial charge in [0.2, 0.25) is 0 Å². The van der Waals surface area contributed by atoms with Crippen LogP contribution >= 0.6 is 0 Å². The molecule has 1 saturated heterocycles. The number of hydrogen-bond acceptors (Lipinski definition) is 3. The molecule has 0 radical (unpaired) electrons. The van der Waals surface area contributed by atoms with Crippen molar-refractivity contribution in [2.45, 2.75) is 38.8 Å². The average molecular weight is 290 g/mol. The van der Waals surface area contributed by atoms with Crippen molar-refractivity contribution in [3.8, 4) is 0 Å².